The minimum atomic E-state index is -1.31. The molecular weight excluding hydrogens is 566 g/mol. The summed E-state index contributed by atoms with van der Waals surface area (Å²) >= 11 is 7.99. The molecule has 2 atom stereocenters. The summed E-state index contributed by atoms with van der Waals surface area (Å²) in [4.78, 5) is 16.2. The van der Waals surface area contributed by atoms with Gasteiger partial charge in [0, 0.05) is 21.4 Å². The van der Waals surface area contributed by atoms with E-state index in [0.717, 1.165) is 64.7 Å². The Bertz CT molecular complexity index is 1600. The molecule has 5 rings (SSSR count). The van der Waals surface area contributed by atoms with Crippen LogP contribution in [0.2, 0.25) is 5.02 Å². The van der Waals surface area contributed by atoms with E-state index in [4.69, 9.17) is 16.6 Å². The van der Waals surface area contributed by atoms with Crippen molar-refractivity contribution in [2.45, 2.75) is 49.9 Å². The van der Waals surface area contributed by atoms with E-state index in [1.165, 1.54) is 5.56 Å². The fourth-order valence-corrected chi connectivity index (χ4v) is 7.11. The Hall–Kier alpha value is -3.16. The van der Waals surface area contributed by atoms with Crippen molar-refractivity contribution in [2.24, 2.45) is 5.41 Å². The van der Waals surface area contributed by atoms with E-state index in [9.17, 15) is 20.1 Å². The van der Waals surface area contributed by atoms with Crippen molar-refractivity contribution in [3.05, 3.63) is 112 Å². The Morgan fingerprint density at radius 1 is 1.07 bits per heavy atom. The monoisotopic (exact) mass is 601 g/mol. The van der Waals surface area contributed by atoms with E-state index in [-0.39, 0.29) is 23.7 Å². The molecule has 0 unspecified atom stereocenters. The average Bonchev–Trinajstić information content (AvgIpc) is 3.74. The van der Waals surface area contributed by atoms with Crippen molar-refractivity contribution >= 4 is 52.4 Å². The lowest BCUT2D eigenvalue weighted by Crippen LogP contribution is -2.27. The van der Waals surface area contributed by atoms with Gasteiger partial charge in [0.1, 0.15) is 5.60 Å². The number of halogens is 1. The van der Waals surface area contributed by atoms with E-state index >= 15 is 0 Å². The largest absolute Gasteiger partial charge is 0.481 e. The van der Waals surface area contributed by atoms with Gasteiger partial charge in [0.15, 0.2) is 0 Å². The lowest BCUT2D eigenvalue weighted by molar-refractivity contribution is -0.138. The number of rotatable bonds is 13. The summed E-state index contributed by atoms with van der Waals surface area (Å²) in [6.45, 7) is 1.28. The number of hydrogen-bond donors (Lipinski definition) is 3. The highest BCUT2D eigenvalue weighted by molar-refractivity contribution is 7.99. The second-order valence-corrected chi connectivity index (χ2v) is 13.2. The molecule has 1 fully saturated rings. The molecule has 0 radical (unpaired) electrons. The molecular formula is C35H36ClNO4S. The number of nitrogens with zero attached hydrogens (tertiary/aromatic N) is 1. The van der Waals surface area contributed by atoms with Crippen LogP contribution in [-0.4, -0.2) is 38.6 Å². The molecule has 42 heavy (non-hydrogen) atoms. The molecule has 5 nitrogen and oxygen atoms in total. The summed E-state index contributed by atoms with van der Waals surface area (Å²) in [5.41, 5.74) is 4.25. The molecule has 218 valence electrons. The maximum Gasteiger partial charge on any atom is 0.303 e. The number of hydrogen-bond acceptors (Lipinski definition) is 5. The minimum Gasteiger partial charge on any atom is -0.481 e. The zero-order chi connectivity index (χ0) is 29.7. The molecule has 0 spiro atoms. The van der Waals surface area contributed by atoms with E-state index < -0.39 is 11.6 Å². The second-order valence-electron chi connectivity index (χ2n) is 11.6. The number of aromatic nitrogens is 1. The maximum atomic E-state index is 11.5. The number of fused-ring (bicyclic) bond motifs is 1. The predicted octanol–water partition coefficient (Wildman–Crippen LogP) is 7.92. The van der Waals surface area contributed by atoms with Crippen molar-refractivity contribution in [1.82, 2.24) is 4.98 Å². The van der Waals surface area contributed by atoms with Crippen LogP contribution in [-0.2, 0) is 16.8 Å². The van der Waals surface area contributed by atoms with Crippen LogP contribution in [0.4, 0.5) is 0 Å². The fraction of sp³-hybridized carbons (Fsp3) is 0.314. The molecule has 0 amide bonds. The van der Waals surface area contributed by atoms with Crippen LogP contribution < -0.4 is 0 Å². The van der Waals surface area contributed by atoms with Crippen LogP contribution in [0.3, 0.4) is 0 Å². The first-order chi connectivity index (χ1) is 20.2. The van der Waals surface area contributed by atoms with E-state index in [1.807, 2.05) is 72.4 Å². The molecule has 3 aromatic carbocycles. The van der Waals surface area contributed by atoms with Crippen LogP contribution >= 0.6 is 23.4 Å². The molecule has 0 bridgehead atoms. The third-order valence-electron chi connectivity index (χ3n) is 8.06. The van der Waals surface area contributed by atoms with Gasteiger partial charge in [-0.15, -0.1) is 0 Å². The maximum absolute atomic E-state index is 11.5. The first-order valence-corrected chi connectivity index (χ1v) is 15.7. The van der Waals surface area contributed by atoms with Gasteiger partial charge in [0.05, 0.1) is 24.2 Å². The Kier molecular flexibility index (Phi) is 9.38. The Morgan fingerprint density at radius 2 is 1.86 bits per heavy atom. The minimum absolute atomic E-state index is 0.116. The highest BCUT2D eigenvalue weighted by Crippen LogP contribution is 2.53. The summed E-state index contributed by atoms with van der Waals surface area (Å²) in [6, 6.07) is 25.9. The van der Waals surface area contributed by atoms with Gasteiger partial charge in [-0.3, -0.25) is 4.79 Å². The molecule has 4 aromatic rings. The topological polar surface area (TPSA) is 90.7 Å². The van der Waals surface area contributed by atoms with Crippen molar-refractivity contribution < 1.29 is 20.1 Å². The van der Waals surface area contributed by atoms with Crippen molar-refractivity contribution in [2.75, 3.05) is 12.4 Å². The SMILES string of the molecule is C[C@](O)(CO)c1ccccc1CC[C@@H](SCC1(CC(=O)O)CC1)c1cccc(C=Cc2ccc3ccc(Cl)cc3n2)c1. The molecule has 1 aromatic heterocycles. The fourth-order valence-electron chi connectivity index (χ4n) is 5.37. The molecule has 1 heterocycles. The summed E-state index contributed by atoms with van der Waals surface area (Å²) in [5.74, 6) is 0.0605. The molecule has 3 N–H and O–H groups in total. The van der Waals surface area contributed by atoms with Gasteiger partial charge in [-0.25, -0.2) is 4.98 Å². The van der Waals surface area contributed by atoms with Crippen molar-refractivity contribution in [3.8, 4) is 0 Å². The lowest BCUT2D eigenvalue weighted by Gasteiger charge is -2.25. The molecule has 0 aliphatic heterocycles. The van der Waals surface area contributed by atoms with Gasteiger partial charge < -0.3 is 15.3 Å². The van der Waals surface area contributed by atoms with Gasteiger partial charge in [-0.05, 0) is 84.6 Å². The van der Waals surface area contributed by atoms with Gasteiger partial charge in [-0.1, -0.05) is 78.3 Å². The first kappa shape index (κ1) is 30.3. The van der Waals surface area contributed by atoms with Crippen LogP contribution in [0, 0.1) is 5.41 Å². The number of benzene rings is 3. The predicted molar refractivity (Wildman–Crippen MR) is 173 cm³/mol. The summed E-state index contributed by atoms with van der Waals surface area (Å²) in [7, 11) is 0. The zero-order valence-electron chi connectivity index (χ0n) is 23.7. The number of carbonyl (C=O) groups is 1. The summed E-state index contributed by atoms with van der Waals surface area (Å²) < 4.78 is 0. The quantitative estimate of drug-likeness (QED) is 0.144. The van der Waals surface area contributed by atoms with Crippen LogP contribution in [0.15, 0.2) is 78.9 Å². The molecule has 7 heteroatoms. The van der Waals surface area contributed by atoms with Crippen molar-refractivity contribution in [3.63, 3.8) is 0 Å². The second kappa shape index (κ2) is 13.0. The van der Waals surface area contributed by atoms with Gasteiger partial charge in [-0.2, -0.15) is 11.8 Å². The Labute approximate surface area is 256 Å². The van der Waals surface area contributed by atoms with E-state index in [0.29, 0.717) is 5.02 Å². The third-order valence-corrected chi connectivity index (χ3v) is 9.98. The summed E-state index contributed by atoms with van der Waals surface area (Å²) in [6.07, 6.45) is 7.71. The standard InChI is InChI=1S/C35H36ClNO4S/c1-34(41,22-38)30-8-3-2-6-25(30)12-16-32(42-23-35(17-18-35)21-33(39)40)27-7-4-5-24(19-27)9-14-29-15-11-26-10-13-28(36)20-31(26)37-29/h2-11,13-15,19-20,32,38,41H,12,16-18,21-23H2,1H3,(H,39,40)/t32-,34+/m1/s1. The van der Waals surface area contributed by atoms with Gasteiger partial charge >= 0.3 is 5.97 Å². The van der Waals surface area contributed by atoms with Gasteiger partial charge in [0.2, 0.25) is 0 Å². The van der Waals surface area contributed by atoms with E-state index in [2.05, 4.69) is 30.3 Å². The number of aliphatic carboxylic acids is 1. The number of pyridine rings is 1. The number of carboxylic acids is 1. The molecule has 1 saturated carbocycles. The van der Waals surface area contributed by atoms with Crippen LogP contribution in [0.25, 0.3) is 23.1 Å². The zero-order valence-corrected chi connectivity index (χ0v) is 25.2. The lowest BCUT2D eigenvalue weighted by atomic mass is 9.89. The molecule has 0 saturated heterocycles. The Balaban J connectivity index is 1.38. The molecule has 1 aliphatic rings. The van der Waals surface area contributed by atoms with Crippen molar-refractivity contribution in [1.29, 1.82) is 0 Å². The molecule has 1 aliphatic carbocycles. The summed E-state index contributed by atoms with van der Waals surface area (Å²) in [5, 5.41) is 31.9. The number of carboxylic acid groups (broad SMARTS) is 1. The number of aliphatic hydroxyl groups excluding tert-OH is 1. The van der Waals surface area contributed by atoms with Gasteiger partial charge in [0.25, 0.3) is 0 Å². The normalized spacial score (nSPS) is 16.4. The number of aliphatic hydroxyl groups is 2. The first-order valence-electron chi connectivity index (χ1n) is 14.3. The van der Waals surface area contributed by atoms with Crippen LogP contribution in [0.5, 0.6) is 0 Å². The third kappa shape index (κ3) is 7.61. The van der Waals surface area contributed by atoms with E-state index in [1.54, 1.807) is 6.92 Å². The number of aryl methyl sites for hydroxylation is 1. The average molecular weight is 602 g/mol. The number of thioether (sulfide) groups is 1. The van der Waals surface area contributed by atoms with Crippen LogP contribution in [0.1, 0.15) is 65.8 Å². The smallest absolute Gasteiger partial charge is 0.303 e. The highest BCUT2D eigenvalue weighted by Gasteiger charge is 2.44. The Morgan fingerprint density at radius 3 is 2.62 bits per heavy atom. The highest BCUT2D eigenvalue weighted by atomic mass is 35.5.